The summed E-state index contributed by atoms with van der Waals surface area (Å²) in [5.74, 6) is 0.353. The number of nitrogens with one attached hydrogen (secondary N) is 1. The monoisotopic (exact) mass is 369 g/mol. The van der Waals surface area contributed by atoms with Crippen LogP contribution in [0.25, 0.3) is 10.2 Å². The first-order valence-electron chi connectivity index (χ1n) is 8.37. The highest BCUT2D eigenvalue weighted by atomic mass is 32.2. The van der Waals surface area contributed by atoms with Gasteiger partial charge in [-0.3, -0.25) is 4.79 Å². The van der Waals surface area contributed by atoms with Crippen LogP contribution in [0.4, 0.5) is 5.69 Å². The lowest BCUT2D eigenvalue weighted by Crippen LogP contribution is -2.15. The molecule has 0 bridgehead atoms. The van der Waals surface area contributed by atoms with Crippen molar-refractivity contribution in [2.24, 2.45) is 0 Å². The highest BCUT2D eigenvalue weighted by molar-refractivity contribution is 8.00. The van der Waals surface area contributed by atoms with E-state index in [9.17, 15) is 4.79 Å². The van der Waals surface area contributed by atoms with Gasteiger partial charge in [-0.25, -0.2) is 9.97 Å². The maximum atomic E-state index is 12.4. The van der Waals surface area contributed by atoms with Gasteiger partial charge in [-0.1, -0.05) is 30.0 Å². The van der Waals surface area contributed by atoms with Gasteiger partial charge in [0.15, 0.2) is 0 Å². The number of carbonyl (C=O) groups is 1. The minimum atomic E-state index is 0.000960. The smallest absolute Gasteiger partial charge is 0.234 e. The molecule has 4 nitrogen and oxygen atoms in total. The number of anilines is 1. The second-order valence-electron chi connectivity index (χ2n) is 6.32. The largest absolute Gasteiger partial charge is 0.325 e. The number of nitrogens with zero attached hydrogens (tertiary/aromatic N) is 2. The standard InChI is InChI=1S/C19H19N3OS2/c1-11-5-3-6-12(2)17(11)22-15(23)9-24-18-16-13-7-4-8-14(13)25-19(16)21-10-20-18/h3,5-6,10H,4,7-9H2,1-2H3,(H,22,23). The van der Waals surface area contributed by atoms with Gasteiger partial charge in [-0.05, 0) is 49.8 Å². The number of para-hydroxylation sites is 1. The van der Waals surface area contributed by atoms with Gasteiger partial charge in [0.25, 0.3) is 0 Å². The molecule has 1 aliphatic rings. The van der Waals surface area contributed by atoms with Crippen molar-refractivity contribution >= 4 is 44.9 Å². The van der Waals surface area contributed by atoms with Crippen LogP contribution in [0.15, 0.2) is 29.6 Å². The molecule has 1 aliphatic carbocycles. The summed E-state index contributed by atoms with van der Waals surface area (Å²) in [6.07, 6.45) is 5.07. The Morgan fingerprint density at radius 1 is 1.24 bits per heavy atom. The number of fused-ring (bicyclic) bond motifs is 3. The van der Waals surface area contributed by atoms with Crippen molar-refractivity contribution in [3.8, 4) is 0 Å². The Bertz CT molecular complexity index is 944. The molecule has 6 heteroatoms. The molecule has 0 aliphatic heterocycles. The van der Waals surface area contributed by atoms with E-state index in [1.807, 2.05) is 32.0 Å². The highest BCUT2D eigenvalue weighted by Crippen LogP contribution is 2.40. The molecule has 0 radical (unpaired) electrons. The topological polar surface area (TPSA) is 54.9 Å². The summed E-state index contributed by atoms with van der Waals surface area (Å²) in [7, 11) is 0. The fourth-order valence-corrected chi connectivity index (χ4v) is 5.45. The fourth-order valence-electron chi connectivity index (χ4n) is 3.33. The first-order valence-corrected chi connectivity index (χ1v) is 10.2. The second kappa shape index (κ2) is 6.77. The number of amides is 1. The van der Waals surface area contributed by atoms with Crippen LogP contribution in [-0.2, 0) is 17.6 Å². The molecule has 0 atom stereocenters. The summed E-state index contributed by atoms with van der Waals surface area (Å²) in [6, 6.07) is 6.03. The number of thioether (sulfide) groups is 1. The van der Waals surface area contributed by atoms with E-state index in [0.717, 1.165) is 39.5 Å². The molecule has 0 unspecified atom stereocenters. The molecule has 128 valence electrons. The number of aryl methyl sites for hydroxylation is 4. The van der Waals surface area contributed by atoms with Crippen LogP contribution < -0.4 is 5.32 Å². The predicted molar refractivity (Wildman–Crippen MR) is 105 cm³/mol. The number of hydrogen-bond donors (Lipinski definition) is 1. The average molecular weight is 370 g/mol. The zero-order valence-corrected chi connectivity index (χ0v) is 15.9. The third-order valence-corrected chi connectivity index (χ3v) is 6.74. The predicted octanol–water partition coefficient (Wildman–Crippen LogP) is 4.53. The molecule has 2 aromatic heterocycles. The van der Waals surface area contributed by atoms with Crippen molar-refractivity contribution in [3.05, 3.63) is 46.1 Å². The summed E-state index contributed by atoms with van der Waals surface area (Å²) in [6.45, 7) is 4.02. The van der Waals surface area contributed by atoms with Crippen LogP contribution in [0.2, 0.25) is 0 Å². The molecule has 0 spiro atoms. The van der Waals surface area contributed by atoms with Gasteiger partial charge in [-0.15, -0.1) is 11.3 Å². The lowest BCUT2D eigenvalue weighted by molar-refractivity contribution is -0.113. The summed E-state index contributed by atoms with van der Waals surface area (Å²) < 4.78 is 0. The van der Waals surface area contributed by atoms with Crippen LogP contribution in [0, 0.1) is 13.8 Å². The molecule has 4 rings (SSSR count). The molecule has 1 amide bonds. The second-order valence-corrected chi connectivity index (χ2v) is 8.37. The van der Waals surface area contributed by atoms with Gasteiger partial charge in [-0.2, -0.15) is 0 Å². The summed E-state index contributed by atoms with van der Waals surface area (Å²) in [5, 5.41) is 5.15. The van der Waals surface area contributed by atoms with E-state index in [1.54, 1.807) is 17.7 Å². The molecular weight excluding hydrogens is 350 g/mol. The molecule has 2 heterocycles. The van der Waals surface area contributed by atoms with E-state index >= 15 is 0 Å². The minimum absolute atomic E-state index is 0.000960. The van der Waals surface area contributed by atoms with Crippen molar-refractivity contribution in [2.75, 3.05) is 11.1 Å². The van der Waals surface area contributed by atoms with Gasteiger partial charge in [0.2, 0.25) is 5.91 Å². The number of carbonyl (C=O) groups excluding carboxylic acids is 1. The van der Waals surface area contributed by atoms with Gasteiger partial charge in [0.1, 0.15) is 16.2 Å². The molecule has 0 saturated heterocycles. The zero-order valence-electron chi connectivity index (χ0n) is 14.3. The first kappa shape index (κ1) is 16.5. The van der Waals surface area contributed by atoms with E-state index < -0.39 is 0 Å². The number of rotatable bonds is 4. The van der Waals surface area contributed by atoms with Crippen LogP contribution >= 0.6 is 23.1 Å². The third-order valence-electron chi connectivity index (χ3n) is 4.55. The maximum absolute atomic E-state index is 12.4. The zero-order chi connectivity index (χ0) is 17.4. The molecule has 25 heavy (non-hydrogen) atoms. The molecule has 1 aromatic carbocycles. The summed E-state index contributed by atoms with van der Waals surface area (Å²) >= 11 is 3.28. The van der Waals surface area contributed by atoms with Gasteiger partial charge in [0, 0.05) is 16.0 Å². The SMILES string of the molecule is Cc1cccc(C)c1NC(=O)CSc1ncnc2sc3c(c12)CCC3. The van der Waals surface area contributed by atoms with E-state index in [1.165, 1.54) is 34.0 Å². The minimum Gasteiger partial charge on any atom is -0.325 e. The van der Waals surface area contributed by atoms with Crippen LogP contribution in [0.3, 0.4) is 0 Å². The van der Waals surface area contributed by atoms with Crippen molar-refractivity contribution in [2.45, 2.75) is 38.1 Å². The summed E-state index contributed by atoms with van der Waals surface area (Å²) in [4.78, 5) is 23.8. The summed E-state index contributed by atoms with van der Waals surface area (Å²) in [5.41, 5.74) is 4.48. The third kappa shape index (κ3) is 3.16. The van der Waals surface area contributed by atoms with Crippen molar-refractivity contribution in [3.63, 3.8) is 0 Å². The lowest BCUT2D eigenvalue weighted by Gasteiger charge is -2.11. The lowest BCUT2D eigenvalue weighted by atomic mass is 10.1. The van der Waals surface area contributed by atoms with Crippen molar-refractivity contribution in [1.29, 1.82) is 0 Å². The molecule has 0 fully saturated rings. The number of thiophene rings is 1. The average Bonchev–Trinajstić information content (AvgIpc) is 3.17. The van der Waals surface area contributed by atoms with Gasteiger partial charge >= 0.3 is 0 Å². The Balaban J connectivity index is 1.52. The van der Waals surface area contributed by atoms with Crippen molar-refractivity contribution < 1.29 is 4.79 Å². The highest BCUT2D eigenvalue weighted by Gasteiger charge is 2.21. The Morgan fingerprint density at radius 3 is 2.84 bits per heavy atom. The first-order chi connectivity index (χ1) is 12.1. The van der Waals surface area contributed by atoms with Gasteiger partial charge < -0.3 is 5.32 Å². The van der Waals surface area contributed by atoms with E-state index in [0.29, 0.717) is 5.75 Å². The van der Waals surface area contributed by atoms with E-state index in [-0.39, 0.29) is 5.91 Å². The van der Waals surface area contributed by atoms with Gasteiger partial charge in [0.05, 0.1) is 5.75 Å². The van der Waals surface area contributed by atoms with E-state index in [4.69, 9.17) is 0 Å². The number of hydrogen-bond acceptors (Lipinski definition) is 5. The van der Waals surface area contributed by atoms with Crippen molar-refractivity contribution in [1.82, 2.24) is 9.97 Å². The van der Waals surface area contributed by atoms with E-state index in [2.05, 4.69) is 15.3 Å². The molecule has 0 saturated carbocycles. The number of aromatic nitrogens is 2. The normalized spacial score (nSPS) is 13.2. The Kier molecular flexibility index (Phi) is 4.48. The van der Waals surface area contributed by atoms with Crippen LogP contribution in [0.1, 0.15) is 28.0 Å². The fraction of sp³-hybridized carbons (Fsp3) is 0.316. The van der Waals surface area contributed by atoms with Crippen LogP contribution in [0.5, 0.6) is 0 Å². The molecular formula is C19H19N3OS2. The quantitative estimate of drug-likeness (QED) is 0.542. The maximum Gasteiger partial charge on any atom is 0.234 e. The van der Waals surface area contributed by atoms with Crippen LogP contribution in [-0.4, -0.2) is 21.6 Å². The Hall–Kier alpha value is -1.92. The Morgan fingerprint density at radius 2 is 2.04 bits per heavy atom. The molecule has 1 N–H and O–H groups in total. The number of benzene rings is 1. The Labute approximate surface area is 155 Å². The molecule has 3 aromatic rings.